The summed E-state index contributed by atoms with van der Waals surface area (Å²) in [6.45, 7) is 9.08. The van der Waals surface area contributed by atoms with Crippen molar-refractivity contribution in [1.82, 2.24) is 14.9 Å². The third kappa shape index (κ3) is 6.39. The number of rotatable bonds is 12. The topological polar surface area (TPSA) is 67.5 Å². The second-order valence-corrected chi connectivity index (χ2v) is 10.5. The number of esters is 1. The number of aromatic amines is 1. The van der Waals surface area contributed by atoms with Crippen LogP contribution >= 0.6 is 0 Å². The minimum atomic E-state index is -0.652. The Labute approximate surface area is 219 Å². The van der Waals surface area contributed by atoms with Crippen molar-refractivity contribution in [1.29, 1.82) is 0 Å². The maximum absolute atomic E-state index is 14.0. The first-order chi connectivity index (χ1) is 17.8. The fourth-order valence-electron chi connectivity index (χ4n) is 6.04. The number of imidazole rings is 1. The van der Waals surface area contributed by atoms with Crippen LogP contribution in [-0.2, 0) is 27.1 Å². The van der Waals surface area contributed by atoms with Gasteiger partial charge in [0.15, 0.2) is 0 Å². The number of carbonyl (C=O) groups is 1. The summed E-state index contributed by atoms with van der Waals surface area (Å²) in [7, 11) is 1.51. The van der Waals surface area contributed by atoms with E-state index in [0.29, 0.717) is 12.8 Å². The highest BCUT2D eigenvalue weighted by molar-refractivity contribution is 5.74. The lowest BCUT2D eigenvalue weighted by molar-refractivity contribution is -0.172. The van der Waals surface area contributed by atoms with Gasteiger partial charge in [-0.2, -0.15) is 0 Å². The number of hydrogen-bond acceptors (Lipinski definition) is 5. The van der Waals surface area contributed by atoms with Crippen molar-refractivity contribution in [3.05, 3.63) is 65.2 Å². The summed E-state index contributed by atoms with van der Waals surface area (Å²) in [4.78, 5) is 23.3. The second kappa shape index (κ2) is 12.2. The number of aryl methyl sites for hydroxylation is 2. The molecule has 2 atom stereocenters. The molecule has 0 saturated carbocycles. The van der Waals surface area contributed by atoms with Crippen molar-refractivity contribution < 1.29 is 18.7 Å². The van der Waals surface area contributed by atoms with E-state index in [1.807, 2.05) is 24.3 Å². The molecule has 1 heterocycles. The number of ether oxygens (including phenoxy) is 2. The number of halogens is 1. The molecule has 37 heavy (non-hydrogen) atoms. The predicted octanol–water partition coefficient (Wildman–Crippen LogP) is 5.66. The van der Waals surface area contributed by atoms with Crippen molar-refractivity contribution in [3.63, 3.8) is 0 Å². The molecule has 1 aromatic heterocycles. The molecule has 6 nitrogen and oxygen atoms in total. The van der Waals surface area contributed by atoms with Gasteiger partial charge in [-0.1, -0.05) is 39.0 Å². The van der Waals surface area contributed by atoms with Crippen LogP contribution in [0.3, 0.4) is 0 Å². The zero-order valence-electron chi connectivity index (χ0n) is 22.6. The Morgan fingerprint density at radius 1 is 1.24 bits per heavy atom. The third-order valence-corrected chi connectivity index (χ3v) is 7.70. The van der Waals surface area contributed by atoms with Crippen LogP contribution in [0.5, 0.6) is 0 Å². The first kappa shape index (κ1) is 27.3. The van der Waals surface area contributed by atoms with Gasteiger partial charge in [0.05, 0.1) is 11.0 Å². The first-order valence-electron chi connectivity index (χ1n) is 13.5. The van der Waals surface area contributed by atoms with Crippen LogP contribution in [0.4, 0.5) is 4.39 Å². The molecule has 200 valence electrons. The molecule has 0 radical (unpaired) electrons. The third-order valence-electron chi connectivity index (χ3n) is 7.70. The fraction of sp³-hybridized carbons (Fsp3) is 0.533. The summed E-state index contributed by atoms with van der Waals surface area (Å²) < 4.78 is 25.4. The summed E-state index contributed by atoms with van der Waals surface area (Å²) >= 11 is 0. The number of fused-ring (bicyclic) bond motifs is 2. The highest BCUT2D eigenvalue weighted by Crippen LogP contribution is 2.48. The molecule has 0 fully saturated rings. The maximum Gasteiger partial charge on any atom is 0.332 e. The number of hydrogen-bond donors (Lipinski definition) is 1. The summed E-state index contributed by atoms with van der Waals surface area (Å²) in [5.74, 6) is 0.673. The number of aromatic nitrogens is 2. The van der Waals surface area contributed by atoms with Gasteiger partial charge in [-0.05, 0) is 73.7 Å². The van der Waals surface area contributed by atoms with E-state index >= 15 is 0 Å². The molecule has 1 N–H and O–H groups in total. The molecule has 0 spiro atoms. The van der Waals surface area contributed by atoms with Crippen molar-refractivity contribution in [2.45, 2.75) is 64.4 Å². The average molecular weight is 510 g/mol. The van der Waals surface area contributed by atoms with Crippen LogP contribution in [0.1, 0.15) is 62.9 Å². The highest BCUT2D eigenvalue weighted by Gasteiger charge is 2.47. The van der Waals surface area contributed by atoms with E-state index in [1.54, 1.807) is 6.07 Å². The van der Waals surface area contributed by atoms with Crippen molar-refractivity contribution >= 4 is 17.0 Å². The molecule has 2 unspecified atom stereocenters. The minimum absolute atomic E-state index is 0.00749. The SMILES string of the molecule is CCN(CCCc1nc2ccccc2[nH]1)CCC1(OC(=O)COC)CCc2cc(F)ccc2C1C(C)C. The van der Waals surface area contributed by atoms with Crippen LogP contribution in [0.2, 0.25) is 0 Å². The van der Waals surface area contributed by atoms with Crippen LogP contribution in [0, 0.1) is 11.7 Å². The molecule has 3 aromatic rings. The Balaban J connectivity index is 1.47. The molecule has 0 bridgehead atoms. The van der Waals surface area contributed by atoms with Crippen LogP contribution in [-0.4, -0.2) is 59.8 Å². The van der Waals surface area contributed by atoms with Gasteiger partial charge in [-0.3, -0.25) is 0 Å². The van der Waals surface area contributed by atoms with E-state index in [0.717, 1.165) is 66.9 Å². The minimum Gasteiger partial charge on any atom is -0.457 e. The number of carbonyl (C=O) groups excluding carboxylic acids is 1. The molecule has 0 saturated heterocycles. The highest BCUT2D eigenvalue weighted by atomic mass is 19.1. The van der Waals surface area contributed by atoms with E-state index in [2.05, 4.69) is 36.7 Å². The molecule has 2 aromatic carbocycles. The van der Waals surface area contributed by atoms with Gasteiger partial charge >= 0.3 is 5.97 Å². The molecular formula is C30H40FN3O3. The van der Waals surface area contributed by atoms with Crippen LogP contribution < -0.4 is 0 Å². The Kier molecular flexibility index (Phi) is 8.98. The normalized spacial score (nSPS) is 19.5. The smallest absolute Gasteiger partial charge is 0.332 e. The molecule has 0 amide bonds. The van der Waals surface area contributed by atoms with Gasteiger partial charge in [-0.25, -0.2) is 14.2 Å². The van der Waals surface area contributed by atoms with E-state index < -0.39 is 5.60 Å². The fourth-order valence-corrected chi connectivity index (χ4v) is 6.04. The van der Waals surface area contributed by atoms with Gasteiger partial charge in [0.25, 0.3) is 0 Å². The molecule has 0 aliphatic heterocycles. The quantitative estimate of drug-likeness (QED) is 0.319. The molecule has 4 rings (SSSR count). The van der Waals surface area contributed by atoms with Crippen LogP contribution in [0.25, 0.3) is 11.0 Å². The summed E-state index contributed by atoms with van der Waals surface area (Å²) in [5, 5.41) is 0. The van der Waals surface area contributed by atoms with E-state index in [4.69, 9.17) is 14.5 Å². The summed E-state index contributed by atoms with van der Waals surface area (Å²) in [6.07, 6.45) is 3.96. The molecule has 1 aliphatic carbocycles. The first-order valence-corrected chi connectivity index (χ1v) is 13.5. The van der Waals surface area contributed by atoms with E-state index in [1.165, 1.54) is 13.2 Å². The van der Waals surface area contributed by atoms with Crippen molar-refractivity contribution in [3.8, 4) is 0 Å². The Hall–Kier alpha value is -2.77. The van der Waals surface area contributed by atoms with Gasteiger partial charge < -0.3 is 19.4 Å². The van der Waals surface area contributed by atoms with Crippen molar-refractivity contribution in [2.75, 3.05) is 33.4 Å². The van der Waals surface area contributed by atoms with Gasteiger partial charge in [0, 0.05) is 32.4 Å². The lowest BCUT2D eigenvalue weighted by atomic mass is 9.65. The number of nitrogens with zero attached hydrogens (tertiary/aromatic N) is 2. The number of nitrogens with one attached hydrogen (secondary N) is 1. The monoisotopic (exact) mass is 509 g/mol. The van der Waals surface area contributed by atoms with E-state index in [9.17, 15) is 9.18 Å². The summed E-state index contributed by atoms with van der Waals surface area (Å²) in [5.41, 5.74) is 3.54. The lowest BCUT2D eigenvalue weighted by Crippen LogP contribution is -2.49. The Morgan fingerprint density at radius 3 is 2.78 bits per heavy atom. The number of benzene rings is 2. The predicted molar refractivity (Wildman–Crippen MR) is 144 cm³/mol. The molecular weight excluding hydrogens is 469 g/mol. The number of methoxy groups -OCH3 is 1. The maximum atomic E-state index is 14.0. The van der Waals surface area contributed by atoms with E-state index in [-0.39, 0.29) is 30.2 Å². The van der Waals surface area contributed by atoms with Gasteiger partial charge in [0.1, 0.15) is 23.8 Å². The zero-order valence-corrected chi connectivity index (χ0v) is 22.6. The molecule has 1 aliphatic rings. The summed E-state index contributed by atoms with van der Waals surface area (Å²) in [6, 6.07) is 13.2. The second-order valence-electron chi connectivity index (χ2n) is 10.5. The lowest BCUT2D eigenvalue weighted by Gasteiger charge is -2.47. The number of para-hydroxylation sites is 2. The van der Waals surface area contributed by atoms with Crippen molar-refractivity contribution in [2.24, 2.45) is 5.92 Å². The largest absolute Gasteiger partial charge is 0.457 e. The van der Waals surface area contributed by atoms with Gasteiger partial charge in [-0.15, -0.1) is 0 Å². The zero-order chi connectivity index (χ0) is 26.4. The average Bonchev–Trinajstić information content (AvgIpc) is 3.29. The van der Waals surface area contributed by atoms with Gasteiger partial charge in [0.2, 0.25) is 0 Å². The van der Waals surface area contributed by atoms with Crippen LogP contribution in [0.15, 0.2) is 42.5 Å². The number of H-pyrrole nitrogens is 1. The standard InChI is InChI=1S/C30H40FN3O3/c1-5-34(17-8-11-27-32-25-9-6-7-10-26(25)33-27)18-16-30(37-28(35)20-36-4)15-14-22-19-23(31)12-13-24(22)29(30)21(2)3/h6-7,9-10,12-13,19,21,29H,5,8,11,14-18,20H2,1-4H3,(H,32,33). The Morgan fingerprint density at radius 2 is 2.05 bits per heavy atom. The Bertz CT molecular complexity index is 1160. The molecule has 7 heteroatoms.